The predicted molar refractivity (Wildman–Crippen MR) is 106 cm³/mol. The van der Waals surface area contributed by atoms with Crippen molar-refractivity contribution in [1.29, 1.82) is 0 Å². The van der Waals surface area contributed by atoms with E-state index in [4.69, 9.17) is 4.74 Å². The van der Waals surface area contributed by atoms with E-state index in [0.717, 1.165) is 49.9 Å². The second kappa shape index (κ2) is 8.08. The molecule has 2 aromatic heterocycles. The van der Waals surface area contributed by atoms with Gasteiger partial charge in [-0.3, -0.25) is 9.69 Å². The lowest BCUT2D eigenvalue weighted by Crippen LogP contribution is -2.47. The van der Waals surface area contributed by atoms with Crippen LogP contribution >= 0.6 is 11.3 Å². The van der Waals surface area contributed by atoms with Crippen molar-refractivity contribution in [3.05, 3.63) is 22.6 Å². The molecule has 29 heavy (non-hydrogen) atoms. The number of ether oxygens (including phenoxy) is 1. The molecular weight excluding hydrogens is 405 g/mol. The lowest BCUT2D eigenvalue weighted by atomic mass is 10.1. The van der Waals surface area contributed by atoms with Crippen molar-refractivity contribution >= 4 is 33.3 Å². The van der Waals surface area contributed by atoms with Gasteiger partial charge in [0.2, 0.25) is 0 Å². The van der Waals surface area contributed by atoms with Crippen molar-refractivity contribution in [3.8, 4) is 0 Å². The smallest absolute Gasteiger partial charge is 0.377 e. The van der Waals surface area contributed by atoms with Gasteiger partial charge in [-0.05, 0) is 18.9 Å². The van der Waals surface area contributed by atoms with Gasteiger partial charge in [0.05, 0.1) is 34.1 Å². The minimum Gasteiger partial charge on any atom is -0.377 e. The van der Waals surface area contributed by atoms with Crippen LogP contribution in [0.25, 0.3) is 10.2 Å². The van der Waals surface area contributed by atoms with E-state index in [0.29, 0.717) is 25.8 Å². The van der Waals surface area contributed by atoms with E-state index in [-0.39, 0.29) is 21.6 Å². The van der Waals surface area contributed by atoms with Crippen LogP contribution in [0, 0.1) is 0 Å². The highest BCUT2D eigenvalue weighted by Gasteiger charge is 2.36. The summed E-state index contributed by atoms with van der Waals surface area (Å²) in [6, 6.07) is 1.11. The van der Waals surface area contributed by atoms with Crippen molar-refractivity contribution in [1.82, 2.24) is 15.2 Å². The number of aromatic nitrogens is 1. The molecule has 2 fully saturated rings. The number of pyridine rings is 1. The van der Waals surface area contributed by atoms with E-state index in [1.54, 1.807) is 0 Å². The first-order valence-corrected chi connectivity index (χ1v) is 10.5. The number of nitrogens with one attached hydrogen (secondary N) is 1. The van der Waals surface area contributed by atoms with Gasteiger partial charge in [0.1, 0.15) is 5.82 Å². The molecule has 2 aliphatic rings. The molecule has 0 atom stereocenters. The fraction of sp³-hybridized carbons (Fsp3) is 0.579. The molecule has 10 heteroatoms. The summed E-state index contributed by atoms with van der Waals surface area (Å²) in [5, 5.41) is 3.91. The van der Waals surface area contributed by atoms with E-state index >= 15 is 0 Å². The first-order valence-electron chi connectivity index (χ1n) is 9.67. The molecule has 2 aromatic rings. The number of rotatable bonds is 6. The number of carbonyl (C=O) groups is 1. The SMILES string of the molecule is CNC(=O)c1csc2c(C(F)(F)F)cc(N3CCN(CCOC4CC4)CC3)nc12. The number of nitrogens with zero attached hydrogens (tertiary/aromatic N) is 3. The number of fused-ring (bicyclic) bond motifs is 1. The number of amides is 1. The van der Waals surface area contributed by atoms with Crippen molar-refractivity contribution in [3.63, 3.8) is 0 Å². The Balaban J connectivity index is 1.54. The number of hydrogen-bond donors (Lipinski definition) is 1. The maximum Gasteiger partial charge on any atom is 0.417 e. The van der Waals surface area contributed by atoms with Gasteiger partial charge in [0, 0.05) is 45.2 Å². The van der Waals surface area contributed by atoms with Crippen LogP contribution in [0.15, 0.2) is 11.4 Å². The first-order chi connectivity index (χ1) is 13.9. The quantitative estimate of drug-likeness (QED) is 0.767. The van der Waals surface area contributed by atoms with Gasteiger partial charge < -0.3 is 15.0 Å². The molecule has 1 amide bonds. The highest BCUT2D eigenvalue weighted by Crippen LogP contribution is 2.40. The molecular formula is C19H23F3N4O2S. The molecule has 1 aliphatic carbocycles. The van der Waals surface area contributed by atoms with Gasteiger partial charge in [-0.25, -0.2) is 4.98 Å². The summed E-state index contributed by atoms with van der Waals surface area (Å²) >= 11 is 0.899. The Morgan fingerprint density at radius 2 is 2.03 bits per heavy atom. The van der Waals surface area contributed by atoms with E-state index in [1.165, 1.54) is 12.4 Å². The van der Waals surface area contributed by atoms with E-state index in [1.807, 2.05) is 4.90 Å². The highest BCUT2D eigenvalue weighted by molar-refractivity contribution is 7.17. The number of thiophene rings is 1. The molecule has 4 rings (SSSR count). The van der Waals surface area contributed by atoms with Gasteiger partial charge in [-0.2, -0.15) is 13.2 Å². The van der Waals surface area contributed by atoms with Crippen molar-refractivity contribution in [2.24, 2.45) is 0 Å². The average Bonchev–Trinajstić information content (AvgIpc) is 3.43. The minimum atomic E-state index is -4.51. The Labute approximate surface area is 170 Å². The topological polar surface area (TPSA) is 57.7 Å². The lowest BCUT2D eigenvalue weighted by molar-refractivity contribution is -0.136. The second-order valence-electron chi connectivity index (χ2n) is 7.33. The summed E-state index contributed by atoms with van der Waals surface area (Å²) in [7, 11) is 1.45. The summed E-state index contributed by atoms with van der Waals surface area (Å²) < 4.78 is 46.7. The number of halogens is 3. The first kappa shape index (κ1) is 20.4. The van der Waals surface area contributed by atoms with Gasteiger partial charge in [-0.15, -0.1) is 11.3 Å². The van der Waals surface area contributed by atoms with Crippen molar-refractivity contribution in [2.75, 3.05) is 51.3 Å². The summed E-state index contributed by atoms with van der Waals surface area (Å²) in [4.78, 5) is 20.6. The number of piperazine rings is 1. The fourth-order valence-electron chi connectivity index (χ4n) is 3.45. The second-order valence-corrected chi connectivity index (χ2v) is 8.21. The van der Waals surface area contributed by atoms with Crippen LogP contribution in [0.4, 0.5) is 19.0 Å². The molecule has 1 saturated heterocycles. The summed E-state index contributed by atoms with van der Waals surface area (Å²) in [5.74, 6) is -0.170. The third kappa shape index (κ3) is 4.49. The standard InChI is InChI=1S/C19H23F3N4O2S/c1-23-18(27)13-11-29-17-14(19(20,21)22)10-15(24-16(13)17)26-6-4-25(5-7-26)8-9-28-12-2-3-12/h10-12H,2-9H2,1H3,(H,23,27). The third-order valence-corrected chi connectivity index (χ3v) is 6.27. The molecule has 1 aliphatic heterocycles. The van der Waals surface area contributed by atoms with E-state index in [2.05, 4.69) is 15.2 Å². The molecule has 158 valence electrons. The number of anilines is 1. The molecule has 0 spiro atoms. The zero-order chi connectivity index (χ0) is 20.6. The molecule has 0 radical (unpaired) electrons. The molecule has 1 saturated carbocycles. The Morgan fingerprint density at radius 3 is 2.66 bits per heavy atom. The Morgan fingerprint density at radius 1 is 1.31 bits per heavy atom. The van der Waals surface area contributed by atoms with Crippen LogP contribution in [-0.2, 0) is 10.9 Å². The van der Waals surface area contributed by atoms with Crippen molar-refractivity contribution in [2.45, 2.75) is 25.1 Å². The highest BCUT2D eigenvalue weighted by atomic mass is 32.1. The molecule has 0 bridgehead atoms. The zero-order valence-corrected chi connectivity index (χ0v) is 16.9. The molecule has 6 nitrogen and oxygen atoms in total. The van der Waals surface area contributed by atoms with Gasteiger partial charge in [0.25, 0.3) is 5.91 Å². The van der Waals surface area contributed by atoms with Gasteiger partial charge in [0.15, 0.2) is 0 Å². The largest absolute Gasteiger partial charge is 0.417 e. The van der Waals surface area contributed by atoms with Crippen LogP contribution in [0.1, 0.15) is 28.8 Å². The van der Waals surface area contributed by atoms with E-state index < -0.39 is 17.6 Å². The van der Waals surface area contributed by atoms with Gasteiger partial charge >= 0.3 is 6.18 Å². The summed E-state index contributed by atoms with van der Waals surface area (Å²) in [5.41, 5.74) is -0.451. The van der Waals surface area contributed by atoms with Crippen LogP contribution in [0.2, 0.25) is 0 Å². The number of hydrogen-bond acceptors (Lipinski definition) is 6. The lowest BCUT2D eigenvalue weighted by Gasteiger charge is -2.35. The molecule has 0 aromatic carbocycles. The average molecular weight is 428 g/mol. The maximum atomic E-state index is 13.7. The summed E-state index contributed by atoms with van der Waals surface area (Å²) in [6.07, 6.45) is -1.80. The predicted octanol–water partition coefficient (Wildman–Crippen LogP) is 2.98. The van der Waals surface area contributed by atoms with E-state index in [9.17, 15) is 18.0 Å². The monoisotopic (exact) mass is 428 g/mol. The molecule has 1 N–H and O–H groups in total. The Hall–Kier alpha value is -1.91. The normalized spacial score (nSPS) is 18.4. The summed E-state index contributed by atoms with van der Waals surface area (Å²) in [6.45, 7) is 4.16. The minimum absolute atomic E-state index is 0.00397. The number of carbonyl (C=O) groups excluding carboxylic acids is 1. The van der Waals surface area contributed by atoms with Crippen LogP contribution in [0.3, 0.4) is 0 Å². The molecule has 0 unspecified atom stereocenters. The van der Waals surface area contributed by atoms with Crippen LogP contribution < -0.4 is 10.2 Å². The van der Waals surface area contributed by atoms with Gasteiger partial charge in [-0.1, -0.05) is 0 Å². The Kier molecular flexibility index (Phi) is 5.67. The number of alkyl halides is 3. The van der Waals surface area contributed by atoms with Crippen molar-refractivity contribution < 1.29 is 22.7 Å². The fourth-order valence-corrected chi connectivity index (χ4v) is 4.47. The van der Waals surface area contributed by atoms with Crippen LogP contribution in [0.5, 0.6) is 0 Å². The maximum absolute atomic E-state index is 13.7. The third-order valence-electron chi connectivity index (χ3n) is 5.27. The zero-order valence-electron chi connectivity index (χ0n) is 16.1. The Bertz CT molecular complexity index is 889. The molecule has 3 heterocycles. The van der Waals surface area contributed by atoms with Crippen LogP contribution in [-0.4, -0.2) is 68.3 Å².